The molecule has 0 aliphatic rings. The summed E-state index contributed by atoms with van der Waals surface area (Å²) in [7, 11) is 0. The highest BCUT2D eigenvalue weighted by Gasteiger charge is 2.10. The first-order chi connectivity index (χ1) is 9.17. The lowest BCUT2D eigenvalue weighted by Gasteiger charge is -2.15. The molecule has 1 unspecified atom stereocenters. The van der Waals surface area contributed by atoms with Crippen LogP contribution in [-0.4, -0.2) is 24.3 Å². The number of hydrogen-bond acceptors (Lipinski definition) is 2. The summed E-state index contributed by atoms with van der Waals surface area (Å²) in [5.74, 6) is 0.614. The summed E-state index contributed by atoms with van der Waals surface area (Å²) in [5.41, 5.74) is 1.40. The fourth-order valence-corrected chi connectivity index (χ4v) is 2.22. The molecule has 0 radical (unpaired) electrons. The first-order valence-electron chi connectivity index (χ1n) is 7.64. The third kappa shape index (κ3) is 6.26. The Morgan fingerprint density at radius 1 is 1.32 bits per heavy atom. The quantitative estimate of drug-likeness (QED) is 0.655. The van der Waals surface area contributed by atoms with Gasteiger partial charge in [-0.1, -0.05) is 34.1 Å². The van der Waals surface area contributed by atoms with E-state index in [0.29, 0.717) is 12.0 Å². The van der Waals surface area contributed by atoms with Gasteiger partial charge in [0, 0.05) is 31.6 Å². The van der Waals surface area contributed by atoms with E-state index in [-0.39, 0.29) is 0 Å². The van der Waals surface area contributed by atoms with E-state index in [2.05, 4.69) is 56.0 Å². The summed E-state index contributed by atoms with van der Waals surface area (Å²) in [6.07, 6.45) is 6.82. The van der Waals surface area contributed by atoms with E-state index < -0.39 is 0 Å². The van der Waals surface area contributed by atoms with Gasteiger partial charge in [-0.15, -0.1) is 0 Å². The first-order valence-corrected chi connectivity index (χ1v) is 7.64. The van der Waals surface area contributed by atoms with Crippen molar-refractivity contribution in [2.45, 2.75) is 53.1 Å². The number of aromatic nitrogens is 1. The van der Waals surface area contributed by atoms with Gasteiger partial charge in [0.15, 0.2) is 0 Å². The standard InChI is InChI=1S/C16H30N2O/c1-5-7-16(17-6-2)15-8-9-18(12-15)10-11-19-13-14(3)4/h8-9,12,14,16-17H,5-7,10-11,13H2,1-4H3. The number of hydrogen-bond donors (Lipinski definition) is 1. The van der Waals surface area contributed by atoms with Gasteiger partial charge in [0.2, 0.25) is 0 Å². The Kier molecular flexibility index (Phi) is 7.84. The summed E-state index contributed by atoms with van der Waals surface area (Å²) in [6, 6.07) is 2.72. The Bertz CT molecular complexity index is 327. The highest BCUT2D eigenvalue weighted by atomic mass is 16.5. The lowest BCUT2D eigenvalue weighted by Crippen LogP contribution is -2.20. The van der Waals surface area contributed by atoms with Crippen LogP contribution in [0.4, 0.5) is 0 Å². The molecule has 3 nitrogen and oxygen atoms in total. The van der Waals surface area contributed by atoms with Gasteiger partial charge in [-0.2, -0.15) is 0 Å². The van der Waals surface area contributed by atoms with Crippen LogP contribution < -0.4 is 5.32 Å². The summed E-state index contributed by atoms with van der Waals surface area (Å²) in [6.45, 7) is 12.4. The molecule has 0 amide bonds. The predicted molar refractivity (Wildman–Crippen MR) is 81.4 cm³/mol. The minimum atomic E-state index is 0.493. The van der Waals surface area contributed by atoms with Crippen molar-refractivity contribution in [1.29, 1.82) is 0 Å². The molecule has 0 aliphatic carbocycles. The topological polar surface area (TPSA) is 26.2 Å². The molecule has 19 heavy (non-hydrogen) atoms. The van der Waals surface area contributed by atoms with Crippen LogP contribution in [0.15, 0.2) is 18.5 Å². The average Bonchev–Trinajstić information content (AvgIpc) is 2.83. The van der Waals surface area contributed by atoms with Gasteiger partial charge in [-0.25, -0.2) is 0 Å². The van der Waals surface area contributed by atoms with Crippen molar-refractivity contribution >= 4 is 0 Å². The third-order valence-electron chi connectivity index (χ3n) is 3.15. The molecule has 0 saturated carbocycles. The maximum Gasteiger partial charge on any atom is 0.0645 e. The maximum atomic E-state index is 5.63. The van der Waals surface area contributed by atoms with E-state index in [1.54, 1.807) is 0 Å². The van der Waals surface area contributed by atoms with Crippen LogP contribution in [0.1, 0.15) is 52.1 Å². The molecule has 1 aromatic rings. The van der Waals surface area contributed by atoms with Crippen molar-refractivity contribution in [2.24, 2.45) is 5.92 Å². The molecule has 1 rings (SSSR count). The molecule has 3 heteroatoms. The van der Waals surface area contributed by atoms with Gasteiger partial charge in [0.05, 0.1) is 6.61 Å². The van der Waals surface area contributed by atoms with Crippen molar-refractivity contribution in [3.05, 3.63) is 24.0 Å². The molecular weight excluding hydrogens is 236 g/mol. The molecule has 0 aliphatic heterocycles. The minimum absolute atomic E-state index is 0.493. The Balaban J connectivity index is 2.41. The van der Waals surface area contributed by atoms with Crippen LogP contribution in [0.25, 0.3) is 0 Å². The van der Waals surface area contributed by atoms with Crippen LogP contribution in [0.2, 0.25) is 0 Å². The SMILES string of the molecule is CCCC(NCC)c1ccn(CCOCC(C)C)c1. The highest BCUT2D eigenvalue weighted by molar-refractivity contribution is 5.15. The average molecular weight is 266 g/mol. The second kappa shape index (κ2) is 9.16. The zero-order chi connectivity index (χ0) is 14.1. The zero-order valence-corrected chi connectivity index (χ0v) is 13.0. The summed E-state index contributed by atoms with van der Waals surface area (Å²) < 4.78 is 7.86. The molecule has 0 aromatic carbocycles. The van der Waals surface area contributed by atoms with Gasteiger partial charge in [0.1, 0.15) is 0 Å². The number of ether oxygens (including phenoxy) is 1. The Morgan fingerprint density at radius 2 is 2.11 bits per heavy atom. The van der Waals surface area contributed by atoms with Gasteiger partial charge in [0.25, 0.3) is 0 Å². The van der Waals surface area contributed by atoms with Gasteiger partial charge >= 0.3 is 0 Å². The van der Waals surface area contributed by atoms with Crippen LogP contribution in [0.3, 0.4) is 0 Å². The Hall–Kier alpha value is -0.800. The molecule has 1 aromatic heterocycles. The molecule has 0 bridgehead atoms. The Morgan fingerprint density at radius 3 is 2.74 bits per heavy atom. The normalized spacial score (nSPS) is 13.1. The predicted octanol–water partition coefficient (Wildman–Crippen LogP) is 3.61. The van der Waals surface area contributed by atoms with Crippen molar-refractivity contribution in [1.82, 2.24) is 9.88 Å². The smallest absolute Gasteiger partial charge is 0.0645 e. The van der Waals surface area contributed by atoms with Crippen molar-refractivity contribution in [3.63, 3.8) is 0 Å². The number of nitrogens with one attached hydrogen (secondary N) is 1. The second-order valence-corrected chi connectivity index (χ2v) is 5.55. The molecular formula is C16H30N2O. The van der Waals surface area contributed by atoms with E-state index >= 15 is 0 Å². The highest BCUT2D eigenvalue weighted by Crippen LogP contribution is 2.18. The van der Waals surface area contributed by atoms with Crippen molar-refractivity contribution in [2.75, 3.05) is 19.8 Å². The third-order valence-corrected chi connectivity index (χ3v) is 3.15. The van der Waals surface area contributed by atoms with Crippen LogP contribution in [-0.2, 0) is 11.3 Å². The molecule has 0 fully saturated rings. The van der Waals surface area contributed by atoms with Crippen LogP contribution >= 0.6 is 0 Å². The molecule has 0 saturated heterocycles. The van der Waals surface area contributed by atoms with Crippen LogP contribution in [0.5, 0.6) is 0 Å². The van der Waals surface area contributed by atoms with Crippen LogP contribution in [0, 0.1) is 5.92 Å². The van der Waals surface area contributed by atoms with Crippen molar-refractivity contribution < 1.29 is 4.74 Å². The maximum absolute atomic E-state index is 5.63. The van der Waals surface area contributed by atoms with Crippen molar-refractivity contribution in [3.8, 4) is 0 Å². The fraction of sp³-hybridized carbons (Fsp3) is 0.750. The molecule has 1 N–H and O–H groups in total. The Labute approximate surface area is 118 Å². The van der Waals surface area contributed by atoms with E-state index in [1.165, 1.54) is 18.4 Å². The summed E-state index contributed by atoms with van der Waals surface area (Å²) >= 11 is 0. The van der Waals surface area contributed by atoms with Gasteiger partial charge < -0.3 is 14.6 Å². The molecule has 1 heterocycles. The number of rotatable bonds is 10. The second-order valence-electron chi connectivity index (χ2n) is 5.55. The van der Waals surface area contributed by atoms with E-state index in [4.69, 9.17) is 4.74 Å². The number of nitrogens with zero attached hydrogens (tertiary/aromatic N) is 1. The lowest BCUT2D eigenvalue weighted by atomic mass is 10.1. The molecule has 0 spiro atoms. The van der Waals surface area contributed by atoms with E-state index in [0.717, 1.165) is 26.3 Å². The monoisotopic (exact) mass is 266 g/mol. The largest absolute Gasteiger partial charge is 0.379 e. The minimum Gasteiger partial charge on any atom is -0.379 e. The van der Waals surface area contributed by atoms with E-state index in [1.807, 2.05) is 0 Å². The summed E-state index contributed by atoms with van der Waals surface area (Å²) in [4.78, 5) is 0. The fourth-order valence-electron chi connectivity index (χ4n) is 2.22. The van der Waals surface area contributed by atoms with Gasteiger partial charge in [-0.3, -0.25) is 0 Å². The molecule has 110 valence electrons. The lowest BCUT2D eigenvalue weighted by molar-refractivity contribution is 0.103. The van der Waals surface area contributed by atoms with Gasteiger partial charge in [-0.05, 0) is 30.5 Å². The van der Waals surface area contributed by atoms with E-state index in [9.17, 15) is 0 Å². The zero-order valence-electron chi connectivity index (χ0n) is 13.0. The first kappa shape index (κ1) is 16.3. The summed E-state index contributed by atoms with van der Waals surface area (Å²) in [5, 5.41) is 3.55. The molecule has 1 atom stereocenters.